The largest absolute Gasteiger partial charge is 0.497 e. The van der Waals surface area contributed by atoms with Crippen LogP contribution in [0.15, 0.2) is 47.3 Å². The zero-order chi connectivity index (χ0) is 16.6. The number of carbonyl (C=O) groups is 1. The van der Waals surface area contributed by atoms with E-state index < -0.39 is 11.5 Å². The molecule has 3 rings (SSSR count). The molecule has 0 aliphatic carbocycles. The maximum Gasteiger partial charge on any atom is 0.269 e. The van der Waals surface area contributed by atoms with Crippen molar-refractivity contribution in [2.75, 3.05) is 7.11 Å². The van der Waals surface area contributed by atoms with Crippen molar-refractivity contribution in [3.63, 3.8) is 0 Å². The minimum Gasteiger partial charge on any atom is -0.497 e. The normalized spacial score (nSPS) is 10.7. The van der Waals surface area contributed by atoms with Crippen LogP contribution in [0.5, 0.6) is 5.75 Å². The molecule has 0 amide bonds. The Hall–Kier alpha value is -2.00. The van der Waals surface area contributed by atoms with E-state index in [2.05, 4.69) is 27.6 Å². The van der Waals surface area contributed by atoms with E-state index in [1.54, 1.807) is 43.5 Å². The molecule has 1 aromatic heterocycles. The SMILES string of the molecule is COc1ccc(C(=O)n2c(=S)[nH]c3ccc(I)cc3c2=O)cc1. The summed E-state index contributed by atoms with van der Waals surface area (Å²) >= 11 is 7.30. The van der Waals surface area contributed by atoms with E-state index in [0.717, 1.165) is 8.14 Å². The third-order valence-electron chi connectivity index (χ3n) is 3.40. The Morgan fingerprint density at radius 2 is 1.91 bits per heavy atom. The van der Waals surface area contributed by atoms with Crippen LogP contribution in [0.3, 0.4) is 0 Å². The van der Waals surface area contributed by atoms with Crippen LogP contribution in [0.4, 0.5) is 0 Å². The number of rotatable bonds is 2. The summed E-state index contributed by atoms with van der Waals surface area (Å²) < 4.78 is 7.02. The van der Waals surface area contributed by atoms with Gasteiger partial charge in [0.25, 0.3) is 11.5 Å². The molecule has 0 fully saturated rings. The molecule has 0 saturated heterocycles. The number of fused-ring (bicyclic) bond motifs is 1. The Balaban J connectivity index is 2.20. The van der Waals surface area contributed by atoms with Gasteiger partial charge in [0.05, 0.1) is 18.0 Å². The molecule has 0 unspecified atom stereocenters. The average molecular weight is 438 g/mol. The highest BCUT2D eigenvalue weighted by Crippen LogP contribution is 2.14. The van der Waals surface area contributed by atoms with E-state index in [4.69, 9.17) is 17.0 Å². The Bertz CT molecular complexity index is 1020. The van der Waals surface area contributed by atoms with Gasteiger partial charge in [-0.3, -0.25) is 9.59 Å². The van der Waals surface area contributed by atoms with Crippen molar-refractivity contribution in [2.45, 2.75) is 0 Å². The van der Waals surface area contributed by atoms with Gasteiger partial charge in [0, 0.05) is 9.13 Å². The number of aromatic amines is 1. The summed E-state index contributed by atoms with van der Waals surface area (Å²) in [6, 6.07) is 11.9. The predicted octanol–water partition coefficient (Wildman–Crippen LogP) is 3.36. The highest BCUT2D eigenvalue weighted by atomic mass is 127. The number of nitrogens with one attached hydrogen (secondary N) is 1. The molecule has 5 nitrogen and oxygen atoms in total. The fourth-order valence-electron chi connectivity index (χ4n) is 2.23. The van der Waals surface area contributed by atoms with Crippen molar-refractivity contribution in [1.29, 1.82) is 0 Å². The number of hydrogen-bond donors (Lipinski definition) is 1. The van der Waals surface area contributed by atoms with E-state index in [1.807, 2.05) is 6.07 Å². The molecule has 0 atom stereocenters. The standard InChI is InChI=1S/C16H11IN2O3S/c1-22-11-5-2-9(3-6-11)14(20)19-15(21)12-8-10(17)4-7-13(12)18-16(19)23/h2-8H,1H3,(H,18,23). The summed E-state index contributed by atoms with van der Waals surface area (Å²) in [6.07, 6.45) is 0. The van der Waals surface area contributed by atoms with E-state index in [0.29, 0.717) is 22.2 Å². The zero-order valence-corrected chi connectivity index (χ0v) is 15.0. The van der Waals surface area contributed by atoms with Crippen molar-refractivity contribution in [3.05, 3.63) is 66.7 Å². The number of hydrogen-bond acceptors (Lipinski definition) is 4. The van der Waals surface area contributed by atoms with Gasteiger partial charge in [0.15, 0.2) is 4.77 Å². The maximum atomic E-state index is 12.7. The van der Waals surface area contributed by atoms with Crippen molar-refractivity contribution < 1.29 is 9.53 Å². The highest BCUT2D eigenvalue weighted by Gasteiger charge is 2.15. The molecule has 0 saturated carbocycles. The smallest absolute Gasteiger partial charge is 0.269 e. The van der Waals surface area contributed by atoms with Crippen LogP contribution in [-0.4, -0.2) is 22.6 Å². The predicted molar refractivity (Wildman–Crippen MR) is 98.8 cm³/mol. The fourth-order valence-corrected chi connectivity index (χ4v) is 3.00. The van der Waals surface area contributed by atoms with Gasteiger partial charge in [-0.25, -0.2) is 4.57 Å². The molecule has 0 radical (unpaired) electrons. The van der Waals surface area contributed by atoms with Crippen molar-refractivity contribution >= 4 is 51.6 Å². The van der Waals surface area contributed by atoms with Crippen LogP contribution >= 0.6 is 34.8 Å². The van der Waals surface area contributed by atoms with Crippen molar-refractivity contribution in [3.8, 4) is 5.75 Å². The molecule has 2 aromatic carbocycles. The van der Waals surface area contributed by atoms with Crippen LogP contribution in [0.1, 0.15) is 10.4 Å². The zero-order valence-electron chi connectivity index (χ0n) is 12.0. The van der Waals surface area contributed by atoms with E-state index >= 15 is 0 Å². The number of ether oxygens (including phenoxy) is 1. The summed E-state index contributed by atoms with van der Waals surface area (Å²) in [5, 5.41) is 0.423. The average Bonchev–Trinajstić information content (AvgIpc) is 2.55. The highest BCUT2D eigenvalue weighted by molar-refractivity contribution is 14.1. The first-order valence-electron chi connectivity index (χ1n) is 6.64. The topological polar surface area (TPSA) is 64.1 Å². The quantitative estimate of drug-likeness (QED) is 0.493. The lowest BCUT2D eigenvalue weighted by molar-refractivity contribution is 0.0953. The molecule has 0 aliphatic rings. The van der Waals surface area contributed by atoms with Crippen LogP contribution in [0.25, 0.3) is 10.9 Å². The van der Waals surface area contributed by atoms with E-state index in [1.165, 1.54) is 0 Å². The van der Waals surface area contributed by atoms with Gasteiger partial charge in [-0.2, -0.15) is 0 Å². The van der Waals surface area contributed by atoms with Crippen molar-refractivity contribution in [2.24, 2.45) is 0 Å². The number of benzene rings is 2. The molecular formula is C16H11IN2O3S. The number of aromatic nitrogens is 2. The Kier molecular flexibility index (Phi) is 4.31. The second kappa shape index (κ2) is 6.25. The van der Waals surface area contributed by atoms with Gasteiger partial charge in [-0.15, -0.1) is 0 Å². The summed E-state index contributed by atoms with van der Waals surface area (Å²) in [4.78, 5) is 28.2. The van der Waals surface area contributed by atoms with Gasteiger partial charge in [0.1, 0.15) is 5.75 Å². The lowest BCUT2D eigenvalue weighted by Gasteiger charge is -2.08. The van der Waals surface area contributed by atoms with Gasteiger partial charge in [0.2, 0.25) is 0 Å². The Morgan fingerprint density at radius 1 is 1.22 bits per heavy atom. The molecular weight excluding hydrogens is 427 g/mol. The first-order chi connectivity index (χ1) is 11.0. The van der Waals surface area contributed by atoms with E-state index in [9.17, 15) is 9.59 Å². The Morgan fingerprint density at radius 3 is 2.57 bits per heavy atom. The molecule has 1 heterocycles. The number of methoxy groups -OCH3 is 1. The molecule has 3 aromatic rings. The molecule has 116 valence electrons. The summed E-state index contributed by atoms with van der Waals surface area (Å²) in [6.45, 7) is 0. The third-order valence-corrected chi connectivity index (χ3v) is 4.36. The second-order valence-corrected chi connectivity index (χ2v) is 6.43. The number of carbonyl (C=O) groups excluding carboxylic acids is 1. The monoisotopic (exact) mass is 438 g/mol. The van der Waals surface area contributed by atoms with Crippen LogP contribution in [0.2, 0.25) is 0 Å². The maximum absolute atomic E-state index is 12.7. The van der Waals surface area contributed by atoms with Gasteiger partial charge in [-0.1, -0.05) is 0 Å². The molecule has 7 heteroatoms. The minimum atomic E-state index is -0.473. The lowest BCUT2D eigenvalue weighted by Crippen LogP contribution is -2.29. The summed E-state index contributed by atoms with van der Waals surface area (Å²) in [5.74, 6) is 0.159. The number of nitrogens with zero attached hydrogens (tertiary/aromatic N) is 1. The Labute approximate surface area is 150 Å². The van der Waals surface area contributed by atoms with E-state index in [-0.39, 0.29) is 4.77 Å². The molecule has 0 bridgehead atoms. The number of H-pyrrole nitrogens is 1. The number of halogens is 1. The van der Waals surface area contributed by atoms with Crippen molar-refractivity contribution in [1.82, 2.24) is 9.55 Å². The lowest BCUT2D eigenvalue weighted by atomic mass is 10.2. The fraction of sp³-hybridized carbons (Fsp3) is 0.0625. The first kappa shape index (κ1) is 15.9. The van der Waals surface area contributed by atoms with Crippen LogP contribution in [0, 0.1) is 8.34 Å². The van der Waals surface area contributed by atoms with Gasteiger partial charge < -0.3 is 9.72 Å². The van der Waals surface area contributed by atoms with Crippen LogP contribution in [-0.2, 0) is 0 Å². The summed E-state index contributed by atoms with van der Waals surface area (Å²) in [5.41, 5.74) is 0.541. The molecule has 1 N–H and O–H groups in total. The third kappa shape index (κ3) is 2.93. The first-order valence-corrected chi connectivity index (χ1v) is 8.13. The minimum absolute atomic E-state index is 0.0736. The van der Waals surface area contributed by atoms with Gasteiger partial charge in [-0.05, 0) is 77.3 Å². The molecule has 0 spiro atoms. The molecule has 23 heavy (non-hydrogen) atoms. The molecule has 0 aliphatic heterocycles. The van der Waals surface area contributed by atoms with Gasteiger partial charge >= 0.3 is 0 Å². The van der Waals surface area contributed by atoms with Crippen LogP contribution < -0.4 is 10.3 Å². The summed E-state index contributed by atoms with van der Waals surface area (Å²) in [7, 11) is 1.54. The second-order valence-electron chi connectivity index (χ2n) is 4.79.